The molecule has 0 unspecified atom stereocenters. The molecule has 7 heteroatoms. The first-order valence-electron chi connectivity index (χ1n) is 6.29. The Labute approximate surface area is 121 Å². The monoisotopic (exact) mass is 295 g/mol. The number of benzene rings is 1. The van der Waals surface area contributed by atoms with E-state index in [0.717, 1.165) is 4.90 Å². The Morgan fingerprint density at radius 1 is 1.14 bits per heavy atom. The summed E-state index contributed by atoms with van der Waals surface area (Å²) in [5.74, 6) is -2.77. The van der Waals surface area contributed by atoms with E-state index in [4.69, 9.17) is 14.9 Å². The molecule has 0 aliphatic carbocycles. The van der Waals surface area contributed by atoms with Crippen LogP contribution in [0.1, 0.15) is 24.2 Å². The number of carboxylic acids is 2. The molecule has 1 amide bonds. The zero-order valence-corrected chi connectivity index (χ0v) is 11.8. The van der Waals surface area contributed by atoms with Crippen molar-refractivity contribution in [3.8, 4) is 5.75 Å². The number of carbonyl (C=O) groups excluding carboxylic acids is 1. The molecule has 114 valence electrons. The van der Waals surface area contributed by atoms with Crippen LogP contribution in [0.5, 0.6) is 5.75 Å². The lowest BCUT2D eigenvalue weighted by Gasteiger charge is -2.19. The topological polar surface area (TPSA) is 104 Å². The van der Waals surface area contributed by atoms with Gasteiger partial charge in [-0.05, 0) is 32.0 Å². The summed E-state index contributed by atoms with van der Waals surface area (Å²) >= 11 is 0. The van der Waals surface area contributed by atoms with Crippen LogP contribution in [0.15, 0.2) is 24.3 Å². The molecule has 0 bridgehead atoms. The van der Waals surface area contributed by atoms with E-state index >= 15 is 0 Å². The second-order valence-corrected chi connectivity index (χ2v) is 4.64. The van der Waals surface area contributed by atoms with E-state index in [1.807, 2.05) is 13.8 Å². The molecule has 0 aliphatic rings. The van der Waals surface area contributed by atoms with Gasteiger partial charge in [0.2, 0.25) is 0 Å². The second kappa shape index (κ2) is 7.28. The second-order valence-electron chi connectivity index (χ2n) is 4.64. The Bertz CT molecular complexity index is 524. The Kier molecular flexibility index (Phi) is 5.71. The van der Waals surface area contributed by atoms with E-state index in [2.05, 4.69) is 0 Å². The zero-order valence-electron chi connectivity index (χ0n) is 11.8. The molecular formula is C14H17NO6. The lowest BCUT2D eigenvalue weighted by atomic mass is 10.2. The minimum Gasteiger partial charge on any atom is -0.491 e. The fourth-order valence-electron chi connectivity index (χ4n) is 1.68. The van der Waals surface area contributed by atoms with Crippen LogP contribution in [0.4, 0.5) is 0 Å². The standard InChI is InChI=1S/C14H17NO6/c1-9(2)21-11-5-3-4-10(6-11)14(20)15(7-12(16)17)8-13(18)19/h3-6,9H,7-8H2,1-2H3,(H,16,17)(H,18,19). The zero-order chi connectivity index (χ0) is 16.0. The molecule has 0 spiro atoms. The number of nitrogens with zero attached hydrogens (tertiary/aromatic N) is 1. The highest BCUT2D eigenvalue weighted by atomic mass is 16.5. The number of aliphatic carboxylic acids is 2. The van der Waals surface area contributed by atoms with Crippen molar-refractivity contribution in [1.29, 1.82) is 0 Å². The summed E-state index contributed by atoms with van der Waals surface area (Å²) in [6, 6.07) is 6.19. The third-order valence-electron chi connectivity index (χ3n) is 2.39. The summed E-state index contributed by atoms with van der Waals surface area (Å²) in [6.07, 6.45) is -0.0792. The summed E-state index contributed by atoms with van der Waals surface area (Å²) in [5.41, 5.74) is 0.177. The van der Waals surface area contributed by atoms with Crippen LogP contribution >= 0.6 is 0 Å². The van der Waals surface area contributed by atoms with E-state index in [0.29, 0.717) is 5.75 Å². The number of rotatable bonds is 7. The Morgan fingerprint density at radius 2 is 1.71 bits per heavy atom. The molecule has 1 rings (SSSR count). The number of amides is 1. The molecule has 1 aromatic rings. The molecule has 0 saturated carbocycles. The molecule has 0 aliphatic heterocycles. The van der Waals surface area contributed by atoms with Crippen LogP contribution in [0, 0.1) is 0 Å². The van der Waals surface area contributed by atoms with E-state index < -0.39 is 30.9 Å². The van der Waals surface area contributed by atoms with Gasteiger partial charge in [-0.2, -0.15) is 0 Å². The molecule has 0 atom stereocenters. The number of ether oxygens (including phenoxy) is 1. The Balaban J connectivity index is 2.96. The lowest BCUT2D eigenvalue weighted by molar-refractivity contribution is -0.140. The number of carbonyl (C=O) groups is 3. The van der Waals surface area contributed by atoms with Gasteiger partial charge in [0.1, 0.15) is 18.8 Å². The van der Waals surface area contributed by atoms with Crippen LogP contribution < -0.4 is 4.74 Å². The highest BCUT2D eigenvalue weighted by Crippen LogP contribution is 2.16. The van der Waals surface area contributed by atoms with Crippen LogP contribution in [-0.4, -0.2) is 52.2 Å². The van der Waals surface area contributed by atoms with E-state index in [-0.39, 0.29) is 11.7 Å². The molecular weight excluding hydrogens is 278 g/mol. The Hall–Kier alpha value is -2.57. The SMILES string of the molecule is CC(C)Oc1cccc(C(=O)N(CC(=O)O)CC(=O)O)c1. The predicted octanol–water partition coefficient (Wildman–Crippen LogP) is 1.09. The fraction of sp³-hybridized carbons (Fsp3) is 0.357. The van der Waals surface area contributed by atoms with E-state index in [9.17, 15) is 14.4 Å². The lowest BCUT2D eigenvalue weighted by Crippen LogP contribution is -2.39. The quantitative estimate of drug-likeness (QED) is 0.780. The van der Waals surface area contributed by atoms with Crippen LogP contribution in [0.2, 0.25) is 0 Å². The average Bonchev–Trinajstić information content (AvgIpc) is 2.35. The molecule has 0 aromatic heterocycles. The van der Waals surface area contributed by atoms with Gasteiger partial charge in [0.05, 0.1) is 6.10 Å². The maximum absolute atomic E-state index is 12.2. The maximum atomic E-state index is 12.2. The van der Waals surface area contributed by atoms with Gasteiger partial charge in [0.25, 0.3) is 5.91 Å². The van der Waals surface area contributed by atoms with Crippen LogP contribution in [0.3, 0.4) is 0 Å². The van der Waals surface area contributed by atoms with Crippen molar-refractivity contribution in [2.24, 2.45) is 0 Å². The predicted molar refractivity (Wildman–Crippen MR) is 73.4 cm³/mol. The normalized spacial score (nSPS) is 10.2. The molecule has 0 fully saturated rings. The summed E-state index contributed by atoms with van der Waals surface area (Å²) in [6.45, 7) is 2.30. The van der Waals surface area contributed by atoms with Crippen molar-refractivity contribution in [2.45, 2.75) is 20.0 Å². The summed E-state index contributed by atoms with van der Waals surface area (Å²) < 4.78 is 5.44. The molecule has 0 heterocycles. The van der Waals surface area contributed by atoms with E-state index in [1.165, 1.54) is 12.1 Å². The van der Waals surface area contributed by atoms with Crippen LogP contribution in [0.25, 0.3) is 0 Å². The average molecular weight is 295 g/mol. The van der Waals surface area contributed by atoms with Gasteiger partial charge in [-0.15, -0.1) is 0 Å². The van der Waals surface area contributed by atoms with Crippen molar-refractivity contribution < 1.29 is 29.3 Å². The molecule has 0 radical (unpaired) electrons. The fourth-order valence-corrected chi connectivity index (χ4v) is 1.68. The molecule has 0 saturated heterocycles. The summed E-state index contributed by atoms with van der Waals surface area (Å²) in [5, 5.41) is 17.5. The maximum Gasteiger partial charge on any atom is 0.323 e. The van der Waals surface area contributed by atoms with Gasteiger partial charge in [-0.25, -0.2) is 0 Å². The van der Waals surface area contributed by atoms with Gasteiger partial charge < -0.3 is 19.8 Å². The third kappa shape index (κ3) is 5.52. The van der Waals surface area contributed by atoms with E-state index in [1.54, 1.807) is 12.1 Å². The molecule has 7 nitrogen and oxygen atoms in total. The van der Waals surface area contributed by atoms with Crippen molar-refractivity contribution in [2.75, 3.05) is 13.1 Å². The van der Waals surface area contributed by atoms with Crippen molar-refractivity contribution in [3.05, 3.63) is 29.8 Å². The highest BCUT2D eigenvalue weighted by molar-refractivity contribution is 5.97. The number of hydrogen-bond donors (Lipinski definition) is 2. The van der Waals surface area contributed by atoms with Gasteiger partial charge >= 0.3 is 11.9 Å². The highest BCUT2D eigenvalue weighted by Gasteiger charge is 2.21. The molecule has 2 N–H and O–H groups in total. The summed E-state index contributed by atoms with van der Waals surface area (Å²) in [4.78, 5) is 34.4. The first-order valence-corrected chi connectivity index (χ1v) is 6.29. The Morgan fingerprint density at radius 3 is 2.19 bits per heavy atom. The minimum atomic E-state index is -1.28. The molecule has 21 heavy (non-hydrogen) atoms. The van der Waals surface area contributed by atoms with Crippen molar-refractivity contribution in [3.63, 3.8) is 0 Å². The van der Waals surface area contributed by atoms with Crippen molar-refractivity contribution >= 4 is 17.8 Å². The van der Waals surface area contributed by atoms with Crippen LogP contribution in [-0.2, 0) is 9.59 Å². The largest absolute Gasteiger partial charge is 0.491 e. The minimum absolute atomic E-state index is 0.0792. The van der Waals surface area contributed by atoms with Gasteiger partial charge in [0.15, 0.2) is 0 Å². The third-order valence-corrected chi connectivity index (χ3v) is 2.39. The van der Waals surface area contributed by atoms with Gasteiger partial charge in [-0.3, -0.25) is 14.4 Å². The van der Waals surface area contributed by atoms with Crippen molar-refractivity contribution in [1.82, 2.24) is 4.90 Å². The molecule has 1 aromatic carbocycles. The smallest absolute Gasteiger partial charge is 0.323 e. The van der Waals surface area contributed by atoms with Gasteiger partial charge in [-0.1, -0.05) is 6.07 Å². The van der Waals surface area contributed by atoms with Gasteiger partial charge in [0, 0.05) is 5.56 Å². The number of carboxylic acid groups (broad SMARTS) is 2. The first kappa shape index (κ1) is 16.5. The number of hydrogen-bond acceptors (Lipinski definition) is 4. The summed E-state index contributed by atoms with van der Waals surface area (Å²) in [7, 11) is 0. The first-order chi connectivity index (χ1) is 9.79.